The van der Waals surface area contributed by atoms with E-state index in [0.717, 1.165) is 5.69 Å². The second-order valence-corrected chi connectivity index (χ2v) is 5.18. The average Bonchev–Trinajstić information content (AvgIpc) is 2.83. The summed E-state index contributed by atoms with van der Waals surface area (Å²) in [5.74, 6) is -0.740. The summed E-state index contributed by atoms with van der Waals surface area (Å²) in [7, 11) is 0. The van der Waals surface area contributed by atoms with Gasteiger partial charge >= 0.3 is 5.97 Å². The van der Waals surface area contributed by atoms with Crippen LogP contribution in [-0.4, -0.2) is 32.6 Å². The number of carboxylic acid groups (broad SMARTS) is 1. The van der Waals surface area contributed by atoms with Crippen LogP contribution in [0.15, 0.2) is 6.20 Å². The van der Waals surface area contributed by atoms with Crippen molar-refractivity contribution in [1.29, 1.82) is 0 Å². The minimum Gasteiger partial charge on any atom is -0.481 e. The van der Waals surface area contributed by atoms with E-state index in [1.165, 1.54) is 0 Å². The number of carbonyl (C=O) groups is 1. The van der Waals surface area contributed by atoms with Gasteiger partial charge in [-0.2, -0.15) is 0 Å². The number of nitrogens with zero attached hydrogens (tertiary/aromatic N) is 3. The zero-order chi connectivity index (χ0) is 14.5. The molecular formula is C13H24N4O2. The van der Waals surface area contributed by atoms with Gasteiger partial charge in [-0.1, -0.05) is 19.1 Å². The molecule has 2 N–H and O–H groups in total. The Morgan fingerprint density at radius 3 is 2.53 bits per heavy atom. The molecule has 1 heterocycles. The third-order valence-electron chi connectivity index (χ3n) is 3.66. The van der Waals surface area contributed by atoms with Gasteiger partial charge in [0, 0.05) is 19.1 Å². The Kier molecular flexibility index (Phi) is 5.47. The molecule has 0 radical (unpaired) electrons. The van der Waals surface area contributed by atoms with Crippen molar-refractivity contribution in [2.45, 2.75) is 53.1 Å². The predicted octanol–water partition coefficient (Wildman–Crippen LogP) is 1.84. The highest BCUT2D eigenvalue weighted by molar-refractivity contribution is 5.74. The maximum absolute atomic E-state index is 11.3. The molecule has 0 spiro atoms. The fraction of sp³-hybridized carbons (Fsp3) is 0.769. The molecule has 19 heavy (non-hydrogen) atoms. The molecule has 0 saturated heterocycles. The summed E-state index contributed by atoms with van der Waals surface area (Å²) in [6.45, 7) is 8.89. The lowest BCUT2D eigenvalue weighted by Gasteiger charge is -2.26. The fourth-order valence-electron chi connectivity index (χ4n) is 1.95. The lowest BCUT2D eigenvalue weighted by molar-refractivity contribution is -0.149. The zero-order valence-electron chi connectivity index (χ0n) is 12.2. The van der Waals surface area contributed by atoms with E-state index in [4.69, 9.17) is 0 Å². The van der Waals surface area contributed by atoms with E-state index in [1.54, 1.807) is 4.68 Å². The molecule has 1 aromatic rings. The molecule has 0 atom stereocenters. The van der Waals surface area contributed by atoms with Crippen LogP contribution in [0.3, 0.4) is 0 Å². The second-order valence-electron chi connectivity index (χ2n) is 5.18. The monoisotopic (exact) mass is 268 g/mol. The fourth-order valence-corrected chi connectivity index (χ4v) is 1.95. The van der Waals surface area contributed by atoms with Gasteiger partial charge in [-0.25, -0.2) is 4.68 Å². The number of nitrogens with one attached hydrogen (secondary N) is 1. The van der Waals surface area contributed by atoms with Gasteiger partial charge in [0.2, 0.25) is 0 Å². The molecule has 0 bridgehead atoms. The Bertz CT molecular complexity index is 411. The van der Waals surface area contributed by atoms with Crippen LogP contribution in [0.2, 0.25) is 0 Å². The molecule has 0 saturated carbocycles. The van der Waals surface area contributed by atoms with Crippen molar-refractivity contribution in [3.8, 4) is 0 Å². The Balaban J connectivity index is 2.54. The third kappa shape index (κ3) is 3.76. The Morgan fingerprint density at radius 2 is 2.11 bits per heavy atom. The maximum Gasteiger partial charge on any atom is 0.310 e. The van der Waals surface area contributed by atoms with E-state index < -0.39 is 11.4 Å². The Hall–Kier alpha value is -1.43. The van der Waals surface area contributed by atoms with E-state index in [9.17, 15) is 9.90 Å². The Morgan fingerprint density at radius 1 is 1.47 bits per heavy atom. The van der Waals surface area contributed by atoms with Crippen molar-refractivity contribution >= 4 is 5.97 Å². The van der Waals surface area contributed by atoms with E-state index in [0.29, 0.717) is 25.9 Å². The molecule has 0 aliphatic heterocycles. The smallest absolute Gasteiger partial charge is 0.310 e. The van der Waals surface area contributed by atoms with Crippen LogP contribution < -0.4 is 5.32 Å². The van der Waals surface area contributed by atoms with E-state index in [-0.39, 0.29) is 6.04 Å². The van der Waals surface area contributed by atoms with E-state index in [1.807, 2.05) is 33.9 Å². The largest absolute Gasteiger partial charge is 0.481 e. The van der Waals surface area contributed by atoms with Gasteiger partial charge in [-0.15, -0.1) is 5.10 Å². The zero-order valence-corrected chi connectivity index (χ0v) is 12.2. The molecule has 0 unspecified atom stereocenters. The first-order chi connectivity index (χ1) is 8.95. The van der Waals surface area contributed by atoms with Crippen molar-refractivity contribution < 1.29 is 9.90 Å². The van der Waals surface area contributed by atoms with Crippen molar-refractivity contribution in [1.82, 2.24) is 20.3 Å². The van der Waals surface area contributed by atoms with Crippen molar-refractivity contribution in [2.75, 3.05) is 6.54 Å². The minimum absolute atomic E-state index is 0.283. The Labute approximate surface area is 114 Å². The highest BCUT2D eigenvalue weighted by Crippen LogP contribution is 2.25. The highest BCUT2D eigenvalue weighted by atomic mass is 16.4. The lowest BCUT2D eigenvalue weighted by Crippen LogP contribution is -2.40. The predicted molar refractivity (Wildman–Crippen MR) is 72.8 cm³/mol. The first-order valence-electron chi connectivity index (χ1n) is 6.80. The van der Waals surface area contributed by atoms with E-state index >= 15 is 0 Å². The van der Waals surface area contributed by atoms with Gasteiger partial charge < -0.3 is 10.4 Å². The van der Waals surface area contributed by atoms with Crippen molar-refractivity contribution in [3.63, 3.8) is 0 Å². The van der Waals surface area contributed by atoms with Crippen LogP contribution in [0, 0.1) is 5.41 Å². The summed E-state index contributed by atoms with van der Waals surface area (Å²) in [6.07, 6.45) is 3.12. The molecule has 0 aliphatic rings. The number of aliphatic carboxylic acids is 1. The first kappa shape index (κ1) is 15.6. The molecule has 0 aromatic carbocycles. The number of carboxylic acids is 1. The van der Waals surface area contributed by atoms with Crippen LogP contribution in [0.25, 0.3) is 0 Å². The topological polar surface area (TPSA) is 80.0 Å². The van der Waals surface area contributed by atoms with Gasteiger partial charge in [0.15, 0.2) is 0 Å². The number of hydrogen-bond donors (Lipinski definition) is 2. The molecule has 6 nitrogen and oxygen atoms in total. The normalized spacial score (nSPS) is 12.1. The molecular weight excluding hydrogens is 244 g/mol. The molecule has 108 valence electrons. The van der Waals surface area contributed by atoms with Gasteiger partial charge in [-0.05, 0) is 26.7 Å². The summed E-state index contributed by atoms with van der Waals surface area (Å²) >= 11 is 0. The van der Waals surface area contributed by atoms with Crippen LogP contribution >= 0.6 is 0 Å². The molecule has 1 aromatic heterocycles. The molecule has 1 rings (SSSR count). The molecule has 0 aliphatic carbocycles. The summed E-state index contributed by atoms with van der Waals surface area (Å²) in [5.41, 5.74) is 0.147. The average molecular weight is 268 g/mol. The molecule has 0 fully saturated rings. The van der Waals surface area contributed by atoms with Crippen LogP contribution in [0.5, 0.6) is 0 Å². The summed E-state index contributed by atoms with van der Waals surface area (Å²) in [6, 6.07) is 0.283. The van der Waals surface area contributed by atoms with Crippen LogP contribution in [0.1, 0.15) is 52.3 Å². The first-order valence-corrected chi connectivity index (χ1v) is 6.80. The van der Waals surface area contributed by atoms with E-state index in [2.05, 4.69) is 15.6 Å². The number of aromatic nitrogens is 3. The standard InChI is InChI=1S/C13H24N4O2/c1-5-13(6-2,12(18)19)9-14-7-11-8-17(10(3)4)16-15-11/h8,10,14H,5-7,9H2,1-4H3,(H,18,19). The highest BCUT2D eigenvalue weighted by Gasteiger charge is 2.34. The quantitative estimate of drug-likeness (QED) is 0.752. The molecule has 6 heteroatoms. The maximum atomic E-state index is 11.3. The van der Waals surface area contributed by atoms with Gasteiger partial charge in [-0.3, -0.25) is 4.79 Å². The number of hydrogen-bond acceptors (Lipinski definition) is 4. The number of rotatable bonds is 8. The SMILES string of the molecule is CCC(CC)(CNCc1cn(C(C)C)nn1)C(=O)O. The summed E-state index contributed by atoms with van der Waals surface area (Å²) < 4.78 is 1.79. The van der Waals surface area contributed by atoms with Crippen LogP contribution in [-0.2, 0) is 11.3 Å². The lowest BCUT2D eigenvalue weighted by atomic mass is 9.82. The van der Waals surface area contributed by atoms with Crippen LogP contribution in [0.4, 0.5) is 0 Å². The van der Waals surface area contributed by atoms with Crippen molar-refractivity contribution in [2.24, 2.45) is 5.41 Å². The van der Waals surface area contributed by atoms with Gasteiger partial charge in [0.25, 0.3) is 0 Å². The van der Waals surface area contributed by atoms with Gasteiger partial charge in [0.05, 0.1) is 17.3 Å². The summed E-state index contributed by atoms with van der Waals surface area (Å²) in [4.78, 5) is 11.3. The minimum atomic E-state index is -0.740. The molecule has 0 amide bonds. The second kappa shape index (κ2) is 6.65. The third-order valence-corrected chi connectivity index (χ3v) is 3.66. The van der Waals surface area contributed by atoms with Gasteiger partial charge in [0.1, 0.15) is 0 Å². The van der Waals surface area contributed by atoms with Crippen molar-refractivity contribution in [3.05, 3.63) is 11.9 Å². The summed E-state index contributed by atoms with van der Waals surface area (Å²) in [5, 5.41) is 20.6.